The molecule has 2 aromatic rings. The highest BCUT2D eigenvalue weighted by atomic mass is 19.4. The lowest BCUT2D eigenvalue weighted by molar-refractivity contribution is -0.137. The van der Waals surface area contributed by atoms with E-state index in [4.69, 9.17) is 0 Å². The van der Waals surface area contributed by atoms with E-state index in [0.717, 1.165) is 29.7 Å². The van der Waals surface area contributed by atoms with Gasteiger partial charge in [0.15, 0.2) is 0 Å². The molecule has 0 bridgehead atoms. The van der Waals surface area contributed by atoms with Gasteiger partial charge >= 0.3 is 12.2 Å². The summed E-state index contributed by atoms with van der Waals surface area (Å²) in [5.41, 5.74) is -0.448. The van der Waals surface area contributed by atoms with Crippen LogP contribution < -0.4 is 0 Å². The van der Waals surface area contributed by atoms with Gasteiger partial charge in [-0.05, 0) is 37.0 Å². The minimum absolute atomic E-state index is 0.0635. The van der Waals surface area contributed by atoms with E-state index in [0.29, 0.717) is 19.0 Å². The van der Waals surface area contributed by atoms with Crippen molar-refractivity contribution in [2.45, 2.75) is 25.9 Å². The molecule has 1 aliphatic rings. The van der Waals surface area contributed by atoms with Gasteiger partial charge in [0.05, 0.1) is 11.1 Å². The standard InChI is InChI=1S/C14H15F3N4O/c1-9-4-6-20(7-5-9)13(22)21-12-3-2-10(14(15,16)17)8-11(12)18-19-21/h2-3,8-9H,4-7H2,1H3. The first-order valence-corrected chi connectivity index (χ1v) is 7.08. The summed E-state index contributed by atoms with van der Waals surface area (Å²) in [4.78, 5) is 14.1. The van der Waals surface area contributed by atoms with Gasteiger partial charge in [0.1, 0.15) is 5.52 Å². The summed E-state index contributed by atoms with van der Waals surface area (Å²) in [6.45, 7) is 3.38. The number of piperidine rings is 1. The molecule has 0 unspecified atom stereocenters. The van der Waals surface area contributed by atoms with Gasteiger partial charge in [0, 0.05) is 13.1 Å². The summed E-state index contributed by atoms with van der Waals surface area (Å²) in [6, 6.07) is 2.75. The van der Waals surface area contributed by atoms with Crippen molar-refractivity contribution in [3.63, 3.8) is 0 Å². The summed E-state index contributed by atoms with van der Waals surface area (Å²) in [5, 5.41) is 7.41. The number of likely N-dealkylation sites (tertiary alicyclic amines) is 1. The summed E-state index contributed by atoms with van der Waals surface area (Å²) < 4.78 is 39.1. The number of aromatic nitrogens is 3. The predicted molar refractivity (Wildman–Crippen MR) is 73.3 cm³/mol. The van der Waals surface area contributed by atoms with Gasteiger partial charge in [-0.3, -0.25) is 0 Å². The summed E-state index contributed by atoms with van der Waals surface area (Å²) in [7, 11) is 0. The van der Waals surface area contributed by atoms with E-state index in [9.17, 15) is 18.0 Å². The Morgan fingerprint density at radius 1 is 1.27 bits per heavy atom. The van der Waals surface area contributed by atoms with Crippen LogP contribution in [0.4, 0.5) is 18.0 Å². The predicted octanol–water partition coefficient (Wildman–Crippen LogP) is 3.15. The maximum Gasteiger partial charge on any atom is 0.416 e. The number of nitrogens with zero attached hydrogens (tertiary/aromatic N) is 4. The van der Waals surface area contributed by atoms with E-state index in [1.165, 1.54) is 6.07 Å². The number of hydrogen-bond acceptors (Lipinski definition) is 3. The molecule has 0 aliphatic carbocycles. The van der Waals surface area contributed by atoms with E-state index >= 15 is 0 Å². The molecular formula is C14H15F3N4O. The molecule has 1 aromatic heterocycles. The van der Waals surface area contributed by atoms with Crippen LogP contribution in [-0.4, -0.2) is 39.0 Å². The fraction of sp³-hybridized carbons (Fsp3) is 0.500. The van der Waals surface area contributed by atoms with Gasteiger partial charge in [-0.1, -0.05) is 12.1 Å². The zero-order valence-corrected chi connectivity index (χ0v) is 12.0. The first-order valence-electron chi connectivity index (χ1n) is 7.08. The van der Waals surface area contributed by atoms with Crippen molar-refractivity contribution in [3.8, 4) is 0 Å². The molecule has 1 fully saturated rings. The van der Waals surface area contributed by atoms with Crippen molar-refractivity contribution in [1.29, 1.82) is 0 Å². The lowest BCUT2D eigenvalue weighted by atomic mass is 10.00. The normalized spacial score (nSPS) is 17.2. The van der Waals surface area contributed by atoms with Gasteiger partial charge in [0.2, 0.25) is 0 Å². The molecule has 5 nitrogen and oxygen atoms in total. The second kappa shape index (κ2) is 5.26. The molecule has 22 heavy (non-hydrogen) atoms. The molecule has 0 radical (unpaired) electrons. The number of benzene rings is 1. The molecule has 1 aromatic carbocycles. The number of halogens is 3. The smallest absolute Gasteiger partial charge is 0.323 e. The maximum absolute atomic E-state index is 12.7. The topological polar surface area (TPSA) is 51.0 Å². The van der Waals surface area contributed by atoms with Crippen LogP contribution in [0.15, 0.2) is 18.2 Å². The number of carbonyl (C=O) groups is 1. The van der Waals surface area contributed by atoms with E-state index in [1.54, 1.807) is 4.90 Å². The number of amides is 1. The van der Waals surface area contributed by atoms with Crippen molar-refractivity contribution in [1.82, 2.24) is 19.9 Å². The Morgan fingerprint density at radius 3 is 2.59 bits per heavy atom. The van der Waals surface area contributed by atoms with Gasteiger partial charge < -0.3 is 4.90 Å². The maximum atomic E-state index is 12.7. The largest absolute Gasteiger partial charge is 0.416 e. The van der Waals surface area contributed by atoms with Crippen LogP contribution in [-0.2, 0) is 6.18 Å². The van der Waals surface area contributed by atoms with Crippen molar-refractivity contribution in [3.05, 3.63) is 23.8 Å². The zero-order chi connectivity index (χ0) is 15.9. The lowest BCUT2D eigenvalue weighted by Crippen LogP contribution is -2.40. The van der Waals surface area contributed by atoms with Crippen molar-refractivity contribution < 1.29 is 18.0 Å². The summed E-state index contributed by atoms with van der Waals surface area (Å²) >= 11 is 0. The Kier molecular flexibility index (Phi) is 3.54. The van der Waals surface area contributed by atoms with Crippen LogP contribution in [0.25, 0.3) is 11.0 Å². The third-order valence-corrected chi connectivity index (χ3v) is 4.01. The third-order valence-electron chi connectivity index (χ3n) is 4.01. The lowest BCUT2D eigenvalue weighted by Gasteiger charge is -2.29. The average molecular weight is 312 g/mol. The quantitative estimate of drug-likeness (QED) is 0.751. The highest BCUT2D eigenvalue weighted by molar-refractivity contribution is 5.88. The molecule has 0 atom stereocenters. The van der Waals surface area contributed by atoms with Gasteiger partial charge in [-0.25, -0.2) is 4.79 Å². The Hall–Kier alpha value is -2.12. The molecule has 0 saturated carbocycles. The first-order chi connectivity index (χ1) is 10.4. The highest BCUT2D eigenvalue weighted by Crippen LogP contribution is 2.31. The minimum atomic E-state index is -4.44. The van der Waals surface area contributed by atoms with Gasteiger partial charge in [0.25, 0.3) is 0 Å². The molecule has 1 saturated heterocycles. The minimum Gasteiger partial charge on any atom is -0.323 e. The molecule has 0 N–H and O–H groups in total. The van der Waals surface area contributed by atoms with E-state index in [1.807, 2.05) is 0 Å². The second-order valence-electron chi connectivity index (χ2n) is 5.65. The Labute approximate surface area is 124 Å². The Balaban J connectivity index is 1.90. The fourth-order valence-electron chi connectivity index (χ4n) is 2.58. The van der Waals surface area contributed by atoms with Crippen molar-refractivity contribution in [2.75, 3.05) is 13.1 Å². The molecule has 8 heteroatoms. The van der Waals surface area contributed by atoms with E-state index in [-0.39, 0.29) is 17.1 Å². The first kappa shape index (κ1) is 14.8. The van der Waals surface area contributed by atoms with Crippen LogP contribution in [0.3, 0.4) is 0 Å². The number of rotatable bonds is 0. The van der Waals surface area contributed by atoms with Gasteiger partial charge in [-0.2, -0.15) is 17.9 Å². The van der Waals surface area contributed by atoms with Gasteiger partial charge in [-0.15, -0.1) is 5.10 Å². The number of hydrogen-bond donors (Lipinski definition) is 0. The zero-order valence-electron chi connectivity index (χ0n) is 12.0. The van der Waals surface area contributed by atoms with Crippen LogP contribution in [0.1, 0.15) is 25.3 Å². The van der Waals surface area contributed by atoms with Crippen molar-refractivity contribution >= 4 is 17.1 Å². The van der Waals surface area contributed by atoms with Crippen LogP contribution in [0.5, 0.6) is 0 Å². The highest BCUT2D eigenvalue weighted by Gasteiger charge is 2.31. The molecule has 118 valence electrons. The molecular weight excluding hydrogens is 297 g/mol. The SMILES string of the molecule is CC1CCN(C(=O)n2nnc3cc(C(F)(F)F)ccc32)CC1. The average Bonchev–Trinajstić information content (AvgIpc) is 2.89. The Morgan fingerprint density at radius 2 is 1.95 bits per heavy atom. The third kappa shape index (κ3) is 2.65. The number of alkyl halides is 3. The summed E-state index contributed by atoms with van der Waals surface area (Å²) in [5.74, 6) is 0.575. The molecule has 0 spiro atoms. The molecule has 1 amide bonds. The number of fused-ring (bicyclic) bond motifs is 1. The van der Waals surface area contributed by atoms with Crippen LogP contribution in [0, 0.1) is 5.92 Å². The molecule has 2 heterocycles. The molecule has 3 rings (SSSR count). The molecule has 1 aliphatic heterocycles. The van der Waals surface area contributed by atoms with Crippen LogP contribution >= 0.6 is 0 Å². The van der Waals surface area contributed by atoms with Crippen LogP contribution in [0.2, 0.25) is 0 Å². The second-order valence-corrected chi connectivity index (χ2v) is 5.65. The van der Waals surface area contributed by atoms with Crippen molar-refractivity contribution in [2.24, 2.45) is 5.92 Å². The fourth-order valence-corrected chi connectivity index (χ4v) is 2.58. The van der Waals surface area contributed by atoms with E-state index in [2.05, 4.69) is 17.2 Å². The number of carbonyl (C=O) groups excluding carboxylic acids is 1. The monoisotopic (exact) mass is 312 g/mol. The summed E-state index contributed by atoms with van der Waals surface area (Å²) in [6.07, 6.45) is -2.61. The van der Waals surface area contributed by atoms with E-state index < -0.39 is 11.7 Å². The Bertz CT molecular complexity index is 702.